The molecule has 1 saturated heterocycles. The molecule has 1 heterocycles. The van der Waals surface area contributed by atoms with Gasteiger partial charge in [0.15, 0.2) is 0 Å². The van der Waals surface area contributed by atoms with Crippen LogP contribution in [0.2, 0.25) is 10.0 Å². The first-order valence-corrected chi connectivity index (χ1v) is 13.1. The van der Waals surface area contributed by atoms with E-state index in [9.17, 15) is 9.90 Å². The maximum absolute atomic E-state index is 12.9. The molecule has 190 valence electrons. The second kappa shape index (κ2) is 11.5. The lowest BCUT2D eigenvalue weighted by Gasteiger charge is -2.48. The van der Waals surface area contributed by atoms with Gasteiger partial charge in [-0.15, -0.1) is 0 Å². The fourth-order valence-corrected chi connectivity index (χ4v) is 5.39. The molecule has 1 N–H and O–H groups in total. The Hall–Kier alpha value is -2.21. The Morgan fingerprint density at radius 1 is 1.00 bits per heavy atom. The lowest BCUT2D eigenvalue weighted by atomic mass is 9.82. The third-order valence-corrected chi connectivity index (χ3v) is 8.12. The smallest absolute Gasteiger partial charge is 0.137 e. The van der Waals surface area contributed by atoms with Crippen LogP contribution in [-0.4, -0.2) is 34.6 Å². The third-order valence-electron chi connectivity index (χ3n) is 7.38. The molecule has 4 nitrogen and oxygen atoms in total. The Bertz CT molecular complexity index is 1160. The van der Waals surface area contributed by atoms with Crippen LogP contribution in [0.5, 0.6) is 0 Å². The van der Waals surface area contributed by atoms with Gasteiger partial charge in [0, 0.05) is 25.4 Å². The number of hydrogen-bond donors (Lipinski definition) is 1. The van der Waals surface area contributed by atoms with E-state index in [1.165, 1.54) is 0 Å². The van der Waals surface area contributed by atoms with Crippen molar-refractivity contribution in [3.8, 4) is 0 Å². The molecule has 1 fully saturated rings. The van der Waals surface area contributed by atoms with Crippen molar-refractivity contribution in [2.24, 2.45) is 0 Å². The summed E-state index contributed by atoms with van der Waals surface area (Å²) in [6.07, 6.45) is 1.62. The Kier molecular flexibility index (Phi) is 8.54. The van der Waals surface area contributed by atoms with E-state index < -0.39 is 17.2 Å². The maximum Gasteiger partial charge on any atom is 0.137 e. The van der Waals surface area contributed by atoms with Gasteiger partial charge < -0.3 is 9.84 Å². The van der Waals surface area contributed by atoms with Gasteiger partial charge >= 0.3 is 0 Å². The minimum atomic E-state index is -0.873. The van der Waals surface area contributed by atoms with Crippen LogP contribution in [0.4, 0.5) is 0 Å². The van der Waals surface area contributed by atoms with Crippen LogP contribution < -0.4 is 0 Å². The lowest BCUT2D eigenvalue weighted by molar-refractivity contribution is -0.183. The van der Waals surface area contributed by atoms with Gasteiger partial charge in [-0.3, -0.25) is 9.69 Å². The molecule has 2 atom stereocenters. The highest BCUT2D eigenvalue weighted by molar-refractivity contribution is 6.42. The number of benzene rings is 3. The van der Waals surface area contributed by atoms with E-state index >= 15 is 0 Å². The third kappa shape index (κ3) is 6.19. The number of carbonyl (C=O) groups is 1. The van der Waals surface area contributed by atoms with Crippen molar-refractivity contribution in [2.75, 3.05) is 13.1 Å². The summed E-state index contributed by atoms with van der Waals surface area (Å²) in [4.78, 5) is 15.1. The molecule has 0 bridgehead atoms. The monoisotopic (exact) mass is 525 g/mol. The largest absolute Gasteiger partial charge is 0.385 e. The highest BCUT2D eigenvalue weighted by Gasteiger charge is 2.43. The molecule has 4 rings (SSSR count). The van der Waals surface area contributed by atoms with Crippen molar-refractivity contribution in [3.63, 3.8) is 0 Å². The molecule has 0 spiro atoms. The molecule has 3 aromatic carbocycles. The van der Waals surface area contributed by atoms with Gasteiger partial charge in [-0.2, -0.15) is 0 Å². The molecule has 3 aromatic rings. The van der Waals surface area contributed by atoms with E-state index in [-0.39, 0.29) is 5.78 Å². The number of piperidine rings is 1. The summed E-state index contributed by atoms with van der Waals surface area (Å²) in [5.74, 6) is -0.365. The van der Waals surface area contributed by atoms with Crippen molar-refractivity contribution < 1.29 is 14.6 Å². The molecule has 6 heteroatoms. The minimum Gasteiger partial charge on any atom is -0.385 e. The van der Waals surface area contributed by atoms with E-state index in [4.69, 9.17) is 27.9 Å². The summed E-state index contributed by atoms with van der Waals surface area (Å²) in [6.45, 7) is 5.36. The second-order valence-corrected chi connectivity index (χ2v) is 10.7. The molecule has 0 aliphatic carbocycles. The Labute approximate surface area is 223 Å². The summed E-state index contributed by atoms with van der Waals surface area (Å²) < 4.78 is 6.62. The molecule has 2 unspecified atom stereocenters. The molecule has 0 saturated carbocycles. The molecular formula is C30H33Cl2NO3. The fourth-order valence-electron chi connectivity index (χ4n) is 5.08. The molecule has 1 aliphatic rings. The number of likely N-dealkylation sites (tertiary alicyclic amines) is 1. The molecule has 0 radical (unpaired) electrons. The summed E-state index contributed by atoms with van der Waals surface area (Å²) >= 11 is 12.4. The van der Waals surface area contributed by atoms with Crippen LogP contribution in [0, 0.1) is 0 Å². The summed E-state index contributed by atoms with van der Waals surface area (Å²) in [7, 11) is 0. The number of halogens is 2. The highest BCUT2D eigenvalue weighted by Crippen LogP contribution is 2.40. The number of aliphatic hydroxyl groups is 1. The van der Waals surface area contributed by atoms with Crippen molar-refractivity contribution in [1.29, 1.82) is 0 Å². The summed E-state index contributed by atoms with van der Waals surface area (Å²) in [5.41, 5.74) is 1.21. The van der Waals surface area contributed by atoms with Gasteiger partial charge in [-0.25, -0.2) is 0 Å². The second-order valence-electron chi connectivity index (χ2n) is 9.87. The van der Waals surface area contributed by atoms with Gasteiger partial charge in [0.05, 0.1) is 22.3 Å². The van der Waals surface area contributed by atoms with Crippen LogP contribution in [0.25, 0.3) is 0 Å². The van der Waals surface area contributed by atoms with Gasteiger partial charge in [-0.1, -0.05) is 89.9 Å². The quantitative estimate of drug-likeness (QED) is 0.327. The number of carbonyl (C=O) groups excluding carboxylic acids is 1. The SMILES string of the molecule is CC(=O)C(CC(C)(OCc1ccccc1)N1CCC(O)(c2ccccc2)CC1)c1ccc(Cl)c(Cl)c1. The predicted molar refractivity (Wildman–Crippen MR) is 145 cm³/mol. The number of ether oxygens (including phenoxy) is 1. The van der Waals surface area contributed by atoms with Crippen molar-refractivity contribution >= 4 is 29.0 Å². The van der Waals surface area contributed by atoms with Crippen molar-refractivity contribution in [3.05, 3.63) is 106 Å². The minimum absolute atomic E-state index is 0.0423. The van der Waals surface area contributed by atoms with Gasteiger partial charge in [0.2, 0.25) is 0 Å². The molecule has 1 aliphatic heterocycles. The highest BCUT2D eigenvalue weighted by atomic mass is 35.5. The van der Waals surface area contributed by atoms with Gasteiger partial charge in [-0.05, 0) is 55.5 Å². The zero-order valence-electron chi connectivity index (χ0n) is 20.8. The number of Topliss-reactive ketones (excluding diaryl/α,β-unsaturated/α-hetero) is 1. The van der Waals surface area contributed by atoms with Crippen molar-refractivity contribution in [2.45, 2.75) is 57.0 Å². The fraction of sp³-hybridized carbons (Fsp3) is 0.367. The maximum atomic E-state index is 12.9. The number of ketones is 1. The number of nitrogens with zero attached hydrogens (tertiary/aromatic N) is 1. The van der Waals surface area contributed by atoms with E-state index in [2.05, 4.69) is 11.8 Å². The van der Waals surface area contributed by atoms with Crippen LogP contribution >= 0.6 is 23.2 Å². The van der Waals surface area contributed by atoms with Crippen LogP contribution in [0.1, 0.15) is 55.7 Å². The normalized spacial score (nSPS) is 18.4. The first-order valence-electron chi connectivity index (χ1n) is 12.4. The van der Waals surface area contributed by atoms with E-state index in [1.807, 2.05) is 66.7 Å². The topological polar surface area (TPSA) is 49.8 Å². The Morgan fingerprint density at radius 3 is 2.19 bits per heavy atom. The van der Waals surface area contributed by atoms with E-state index in [0.29, 0.717) is 49.0 Å². The molecule has 0 amide bonds. The summed E-state index contributed by atoms with van der Waals surface area (Å²) in [6, 6.07) is 25.2. The Balaban J connectivity index is 1.59. The average Bonchev–Trinajstić information content (AvgIpc) is 2.89. The molecular weight excluding hydrogens is 493 g/mol. The number of rotatable bonds is 9. The summed E-state index contributed by atoms with van der Waals surface area (Å²) in [5, 5.41) is 12.3. The van der Waals surface area contributed by atoms with Gasteiger partial charge in [0.1, 0.15) is 11.5 Å². The molecule has 36 heavy (non-hydrogen) atoms. The zero-order chi connectivity index (χ0) is 25.8. The Morgan fingerprint density at radius 2 is 1.61 bits per heavy atom. The van der Waals surface area contributed by atoms with Gasteiger partial charge in [0.25, 0.3) is 0 Å². The predicted octanol–water partition coefficient (Wildman–Crippen LogP) is 6.97. The molecule has 0 aromatic heterocycles. The lowest BCUT2D eigenvalue weighted by Crippen LogP contribution is -2.55. The zero-order valence-corrected chi connectivity index (χ0v) is 22.3. The average molecular weight is 527 g/mol. The first kappa shape index (κ1) is 26.8. The van der Waals surface area contributed by atoms with Crippen LogP contribution in [0.3, 0.4) is 0 Å². The first-order chi connectivity index (χ1) is 17.2. The van der Waals surface area contributed by atoms with Crippen LogP contribution in [0.15, 0.2) is 78.9 Å². The van der Waals surface area contributed by atoms with Crippen LogP contribution in [-0.2, 0) is 21.7 Å². The number of hydrogen-bond acceptors (Lipinski definition) is 4. The van der Waals surface area contributed by atoms with E-state index in [0.717, 1.165) is 16.7 Å². The van der Waals surface area contributed by atoms with Crippen molar-refractivity contribution in [1.82, 2.24) is 4.90 Å². The van der Waals surface area contributed by atoms with E-state index in [1.54, 1.807) is 19.1 Å². The standard InChI is InChI=1S/C30H33Cl2NO3/c1-22(34)26(24-13-14-27(31)28(32)19-24)20-29(2,36-21-23-9-5-3-6-10-23)33-17-15-30(35,16-18-33)25-11-7-4-8-12-25/h3-14,19,26,35H,15-18,20-21H2,1-2H3.